The fourth-order valence-electron chi connectivity index (χ4n) is 1.55. The van der Waals surface area contributed by atoms with Gasteiger partial charge in [0.25, 0.3) is 5.91 Å². The summed E-state index contributed by atoms with van der Waals surface area (Å²) in [6.45, 7) is 5.34. The van der Waals surface area contributed by atoms with E-state index in [4.69, 9.17) is 17.3 Å². The molecule has 5 nitrogen and oxygen atoms in total. The second-order valence-corrected chi connectivity index (χ2v) is 5.57. The number of hydrogen-bond acceptors (Lipinski definition) is 4. The zero-order valence-corrected chi connectivity index (χ0v) is 12.1. The van der Waals surface area contributed by atoms with E-state index in [9.17, 15) is 9.59 Å². The Bertz CT molecular complexity index is 487. The van der Waals surface area contributed by atoms with Crippen LogP contribution in [0.2, 0.25) is 4.34 Å². The molecule has 0 spiro atoms. The van der Waals surface area contributed by atoms with Crippen molar-refractivity contribution in [1.82, 2.24) is 10.6 Å². The summed E-state index contributed by atoms with van der Waals surface area (Å²) in [6.07, 6.45) is 2.57. The Morgan fingerprint density at radius 3 is 2.79 bits per heavy atom. The molecule has 2 amide bonds. The van der Waals surface area contributed by atoms with Crippen molar-refractivity contribution in [2.45, 2.75) is 25.8 Å². The zero-order valence-electron chi connectivity index (χ0n) is 10.5. The first-order valence-corrected chi connectivity index (χ1v) is 6.96. The van der Waals surface area contributed by atoms with Gasteiger partial charge in [0, 0.05) is 0 Å². The van der Waals surface area contributed by atoms with Gasteiger partial charge >= 0.3 is 0 Å². The van der Waals surface area contributed by atoms with E-state index < -0.39 is 11.9 Å². The van der Waals surface area contributed by atoms with E-state index in [1.54, 1.807) is 0 Å². The van der Waals surface area contributed by atoms with Crippen molar-refractivity contribution in [2.24, 2.45) is 0 Å². The molecule has 1 atom stereocenters. The highest BCUT2D eigenvalue weighted by Gasteiger charge is 2.21. The zero-order chi connectivity index (χ0) is 14.4. The Labute approximate surface area is 120 Å². The summed E-state index contributed by atoms with van der Waals surface area (Å²) in [5.74, 6) is -0.705. The van der Waals surface area contributed by atoms with E-state index in [0.717, 1.165) is 17.8 Å². The summed E-state index contributed by atoms with van der Waals surface area (Å²) >= 11 is 6.91. The number of nitrogens with one attached hydrogen (secondary N) is 2. The number of carbonyl (C=O) groups excluding carboxylic acids is 2. The van der Waals surface area contributed by atoms with Crippen molar-refractivity contribution in [3.63, 3.8) is 0 Å². The van der Waals surface area contributed by atoms with Crippen LogP contribution in [0.5, 0.6) is 0 Å². The highest BCUT2D eigenvalue weighted by Crippen LogP contribution is 2.28. The van der Waals surface area contributed by atoms with E-state index in [1.165, 1.54) is 12.3 Å². The van der Waals surface area contributed by atoms with Crippen molar-refractivity contribution < 1.29 is 9.59 Å². The van der Waals surface area contributed by atoms with Crippen LogP contribution < -0.4 is 16.4 Å². The molecular weight excluding hydrogens is 286 g/mol. The molecule has 104 valence electrons. The smallest absolute Gasteiger partial charge is 0.254 e. The molecule has 1 heterocycles. The molecule has 1 aromatic rings. The Morgan fingerprint density at radius 2 is 2.32 bits per heavy atom. The van der Waals surface area contributed by atoms with E-state index in [0.29, 0.717) is 21.3 Å². The van der Waals surface area contributed by atoms with E-state index in [-0.39, 0.29) is 5.91 Å². The minimum absolute atomic E-state index is 0.294. The number of nitrogens with two attached hydrogens (primary N) is 1. The van der Waals surface area contributed by atoms with E-state index >= 15 is 0 Å². The molecule has 1 aromatic heterocycles. The Morgan fingerprint density at radius 1 is 1.63 bits per heavy atom. The average molecular weight is 302 g/mol. The maximum absolute atomic E-state index is 12.0. The van der Waals surface area contributed by atoms with Crippen molar-refractivity contribution in [3.8, 4) is 0 Å². The molecule has 0 aliphatic carbocycles. The normalized spacial score (nSPS) is 11.7. The van der Waals surface area contributed by atoms with Crippen molar-refractivity contribution >= 4 is 39.8 Å². The van der Waals surface area contributed by atoms with Crippen LogP contribution in [0.1, 0.15) is 30.1 Å². The molecule has 0 bridgehead atoms. The molecule has 0 radical (unpaired) electrons. The first-order valence-electron chi connectivity index (χ1n) is 5.76. The third kappa shape index (κ3) is 4.25. The molecule has 19 heavy (non-hydrogen) atoms. The molecular formula is C12H16ClN3O2S. The number of amides is 2. The van der Waals surface area contributed by atoms with Crippen LogP contribution in [0.15, 0.2) is 18.8 Å². The molecule has 0 aromatic carbocycles. The summed E-state index contributed by atoms with van der Waals surface area (Å²) < 4.78 is 0.435. The highest BCUT2D eigenvalue weighted by molar-refractivity contribution is 7.20. The van der Waals surface area contributed by atoms with Crippen LogP contribution in [0, 0.1) is 0 Å². The summed E-state index contributed by atoms with van der Waals surface area (Å²) in [5, 5.41) is 5.44. The summed E-state index contributed by atoms with van der Waals surface area (Å²) in [4.78, 5) is 23.8. The van der Waals surface area contributed by atoms with Crippen LogP contribution in [-0.2, 0) is 4.79 Å². The monoisotopic (exact) mass is 301 g/mol. The molecule has 7 heteroatoms. The number of hydrogen-bond donors (Lipinski definition) is 3. The molecule has 1 rings (SSSR count). The number of thiophene rings is 1. The van der Waals surface area contributed by atoms with Gasteiger partial charge in [0.2, 0.25) is 5.91 Å². The fourth-order valence-corrected chi connectivity index (χ4v) is 2.55. The fraction of sp³-hybridized carbons (Fsp3) is 0.333. The minimum atomic E-state index is -0.617. The summed E-state index contributed by atoms with van der Waals surface area (Å²) in [5.41, 5.74) is 5.98. The molecule has 0 saturated heterocycles. The quantitative estimate of drug-likeness (QED) is 0.752. The molecule has 1 unspecified atom stereocenters. The first-order chi connectivity index (χ1) is 8.99. The lowest BCUT2D eigenvalue weighted by Gasteiger charge is -2.16. The highest BCUT2D eigenvalue weighted by atomic mass is 35.5. The molecule has 0 saturated carbocycles. The van der Waals surface area contributed by atoms with Crippen LogP contribution in [0.25, 0.3) is 0 Å². The lowest BCUT2D eigenvalue weighted by atomic mass is 10.1. The summed E-state index contributed by atoms with van der Waals surface area (Å²) in [7, 11) is 0. The lowest BCUT2D eigenvalue weighted by Crippen LogP contribution is -2.45. The third-order valence-corrected chi connectivity index (χ3v) is 3.51. The van der Waals surface area contributed by atoms with Crippen molar-refractivity contribution in [2.75, 3.05) is 5.73 Å². The first kappa shape index (κ1) is 15.5. The van der Waals surface area contributed by atoms with Gasteiger partial charge in [-0.05, 0) is 18.7 Å². The number of rotatable bonds is 6. The summed E-state index contributed by atoms with van der Waals surface area (Å²) in [6, 6.07) is 0.874. The van der Waals surface area contributed by atoms with Gasteiger partial charge in [0.1, 0.15) is 11.0 Å². The second-order valence-electron chi connectivity index (χ2n) is 3.86. The van der Waals surface area contributed by atoms with Gasteiger partial charge in [0.15, 0.2) is 0 Å². The van der Waals surface area contributed by atoms with E-state index in [1.807, 2.05) is 6.92 Å². The van der Waals surface area contributed by atoms with Gasteiger partial charge in [0.05, 0.1) is 9.90 Å². The largest absolute Gasteiger partial charge is 0.390 e. The standard InChI is InChI=1S/C12H16ClN3O2S/c1-3-5-8(12(18)15-4-2)16-11(17)7-6-9(13)19-10(7)14/h4,6,8H,2-3,5,14H2,1H3,(H,15,18)(H,16,17). The Hall–Kier alpha value is -1.53. The molecule has 0 aliphatic rings. The van der Waals surface area contributed by atoms with Gasteiger partial charge in [-0.3, -0.25) is 9.59 Å². The van der Waals surface area contributed by atoms with Gasteiger partial charge in [-0.2, -0.15) is 0 Å². The van der Waals surface area contributed by atoms with Gasteiger partial charge in [-0.15, -0.1) is 11.3 Å². The Kier molecular flexibility index (Phi) is 5.85. The van der Waals surface area contributed by atoms with Gasteiger partial charge in [-0.1, -0.05) is 31.5 Å². The lowest BCUT2D eigenvalue weighted by molar-refractivity contribution is -0.122. The predicted octanol–water partition coefficient (Wildman–Crippen LogP) is 2.14. The third-order valence-electron chi connectivity index (χ3n) is 2.42. The Balaban J connectivity index is 2.78. The van der Waals surface area contributed by atoms with Gasteiger partial charge in [-0.25, -0.2) is 0 Å². The number of halogens is 1. The topological polar surface area (TPSA) is 84.2 Å². The predicted molar refractivity (Wildman–Crippen MR) is 78.2 cm³/mol. The average Bonchev–Trinajstić information content (AvgIpc) is 2.68. The van der Waals surface area contributed by atoms with Crippen molar-refractivity contribution in [1.29, 1.82) is 0 Å². The molecule has 0 fully saturated rings. The number of anilines is 1. The van der Waals surface area contributed by atoms with Gasteiger partial charge < -0.3 is 16.4 Å². The van der Waals surface area contributed by atoms with Crippen molar-refractivity contribution in [3.05, 3.63) is 28.7 Å². The van der Waals surface area contributed by atoms with Crippen LogP contribution in [0.3, 0.4) is 0 Å². The van der Waals surface area contributed by atoms with Crippen LogP contribution in [-0.4, -0.2) is 17.9 Å². The van der Waals surface area contributed by atoms with E-state index in [2.05, 4.69) is 17.2 Å². The minimum Gasteiger partial charge on any atom is -0.390 e. The number of carbonyl (C=O) groups is 2. The van der Waals surface area contributed by atoms with Crippen LogP contribution >= 0.6 is 22.9 Å². The second kappa shape index (κ2) is 7.16. The molecule has 4 N–H and O–H groups in total. The maximum Gasteiger partial charge on any atom is 0.254 e. The number of nitrogen functional groups attached to an aromatic ring is 1. The molecule has 0 aliphatic heterocycles. The SMILES string of the molecule is C=CNC(=O)C(CCC)NC(=O)c1cc(Cl)sc1N. The van der Waals surface area contributed by atoms with Crippen LogP contribution in [0.4, 0.5) is 5.00 Å². The maximum atomic E-state index is 12.0.